The van der Waals surface area contributed by atoms with Gasteiger partial charge in [-0.1, -0.05) is 50.2 Å². The minimum Gasteiger partial charge on any atom is -0.343 e. The molecule has 28 heavy (non-hydrogen) atoms. The van der Waals surface area contributed by atoms with E-state index in [0.29, 0.717) is 21.9 Å². The maximum atomic E-state index is 13.1. The lowest BCUT2D eigenvalue weighted by atomic mass is 9.94. The number of hydrogen-bond donors (Lipinski definition) is 0. The molecule has 4 aromatic rings. The second-order valence-corrected chi connectivity index (χ2v) is 6.73. The Bertz CT molecular complexity index is 1250. The molecule has 1 heterocycles. The molecule has 0 saturated heterocycles. The molecule has 0 amide bonds. The molecule has 0 atom stereocenters. The van der Waals surface area contributed by atoms with Crippen LogP contribution < -0.4 is 5.43 Å². The Hall–Kier alpha value is -3.20. The standard InChI is InChI=1S/C23H19NO2.C2H6/c1-14-8-4-5-9-16(14)22(25)18-13-21-19(12-15(18)2)23(26)17-10-6-7-11-20(17)24(21)3;1-2/h4-13H,1-3H3;1-2H3. The predicted octanol–water partition coefficient (Wildman–Crippen LogP) is 5.57. The van der Waals surface area contributed by atoms with Crippen molar-refractivity contribution in [2.75, 3.05) is 0 Å². The van der Waals surface area contributed by atoms with E-state index in [9.17, 15) is 9.59 Å². The van der Waals surface area contributed by atoms with Crippen molar-refractivity contribution >= 4 is 27.6 Å². The number of aromatic nitrogens is 1. The van der Waals surface area contributed by atoms with Crippen LogP contribution in [0.5, 0.6) is 0 Å². The van der Waals surface area contributed by atoms with Crippen LogP contribution in [0.15, 0.2) is 65.5 Å². The van der Waals surface area contributed by atoms with Gasteiger partial charge in [-0.2, -0.15) is 0 Å². The molecule has 3 heteroatoms. The van der Waals surface area contributed by atoms with Crippen LogP contribution in [0.25, 0.3) is 21.8 Å². The molecule has 0 aliphatic rings. The highest BCUT2D eigenvalue weighted by Gasteiger charge is 2.17. The summed E-state index contributed by atoms with van der Waals surface area (Å²) < 4.78 is 1.99. The molecule has 1 aromatic heterocycles. The van der Waals surface area contributed by atoms with Crippen molar-refractivity contribution in [3.8, 4) is 0 Å². The van der Waals surface area contributed by atoms with Gasteiger partial charge in [0.2, 0.25) is 0 Å². The van der Waals surface area contributed by atoms with Crippen LogP contribution in [0.2, 0.25) is 0 Å². The van der Waals surface area contributed by atoms with Crippen molar-refractivity contribution in [1.29, 1.82) is 0 Å². The number of hydrogen-bond acceptors (Lipinski definition) is 2. The third kappa shape index (κ3) is 3.13. The van der Waals surface area contributed by atoms with Crippen LogP contribution in [0.3, 0.4) is 0 Å². The molecular weight excluding hydrogens is 346 g/mol. The average Bonchev–Trinajstić information content (AvgIpc) is 2.73. The van der Waals surface area contributed by atoms with Gasteiger partial charge in [-0.05, 0) is 49.2 Å². The Morgan fingerprint density at radius 1 is 0.750 bits per heavy atom. The highest BCUT2D eigenvalue weighted by Crippen LogP contribution is 2.24. The topological polar surface area (TPSA) is 39.1 Å². The molecule has 0 unspecified atom stereocenters. The normalized spacial score (nSPS) is 10.6. The molecule has 0 aliphatic carbocycles. The summed E-state index contributed by atoms with van der Waals surface area (Å²) in [6, 6.07) is 18.9. The number of para-hydroxylation sites is 1. The number of benzene rings is 3. The Morgan fingerprint density at radius 2 is 1.39 bits per heavy atom. The first-order chi connectivity index (χ1) is 13.5. The lowest BCUT2D eigenvalue weighted by Crippen LogP contribution is -2.12. The summed E-state index contributed by atoms with van der Waals surface area (Å²) in [6.45, 7) is 7.83. The molecule has 0 fully saturated rings. The minimum absolute atomic E-state index is 0.00620. The highest BCUT2D eigenvalue weighted by atomic mass is 16.1. The summed E-state index contributed by atoms with van der Waals surface area (Å²) in [7, 11) is 1.93. The van der Waals surface area contributed by atoms with E-state index in [1.165, 1.54) is 0 Å². The lowest BCUT2D eigenvalue weighted by molar-refractivity contribution is 0.103. The molecule has 0 bridgehead atoms. The Labute approximate surface area is 165 Å². The van der Waals surface area contributed by atoms with Crippen molar-refractivity contribution in [2.24, 2.45) is 7.05 Å². The molecule has 0 spiro atoms. The van der Waals surface area contributed by atoms with E-state index in [1.807, 2.05) is 100.0 Å². The van der Waals surface area contributed by atoms with Crippen molar-refractivity contribution in [3.05, 3.63) is 93.1 Å². The second kappa shape index (κ2) is 7.81. The molecule has 0 aliphatic heterocycles. The number of nitrogens with zero attached hydrogens (tertiary/aromatic N) is 1. The second-order valence-electron chi connectivity index (χ2n) is 6.73. The smallest absolute Gasteiger partial charge is 0.197 e. The molecule has 0 saturated carbocycles. The summed E-state index contributed by atoms with van der Waals surface area (Å²) >= 11 is 0. The molecule has 3 nitrogen and oxygen atoms in total. The molecule has 0 N–H and O–H groups in total. The van der Waals surface area contributed by atoms with Crippen LogP contribution in [-0.2, 0) is 7.05 Å². The van der Waals surface area contributed by atoms with Crippen LogP contribution in [0, 0.1) is 13.8 Å². The van der Waals surface area contributed by atoms with Crippen molar-refractivity contribution in [1.82, 2.24) is 4.57 Å². The number of pyridine rings is 1. The average molecular weight is 371 g/mol. The third-order valence-electron chi connectivity index (χ3n) is 5.09. The SMILES string of the molecule is CC.Cc1ccccc1C(=O)c1cc2c(cc1C)c(=O)c1ccccc1n2C. The van der Waals surface area contributed by atoms with Gasteiger partial charge in [0.25, 0.3) is 0 Å². The first-order valence-electron chi connectivity index (χ1n) is 9.61. The van der Waals surface area contributed by atoms with Crippen LogP contribution in [-0.4, -0.2) is 10.4 Å². The largest absolute Gasteiger partial charge is 0.343 e. The lowest BCUT2D eigenvalue weighted by Gasteiger charge is -2.14. The summed E-state index contributed by atoms with van der Waals surface area (Å²) in [5.41, 5.74) is 4.74. The third-order valence-corrected chi connectivity index (χ3v) is 5.09. The first kappa shape index (κ1) is 19.6. The van der Waals surface area contributed by atoms with Gasteiger partial charge >= 0.3 is 0 Å². The highest BCUT2D eigenvalue weighted by molar-refractivity contribution is 6.12. The van der Waals surface area contributed by atoms with E-state index < -0.39 is 0 Å². The van der Waals surface area contributed by atoms with Crippen molar-refractivity contribution in [3.63, 3.8) is 0 Å². The minimum atomic E-state index is -0.0110. The number of aryl methyl sites for hydroxylation is 3. The van der Waals surface area contributed by atoms with Gasteiger partial charge < -0.3 is 4.57 Å². The zero-order valence-electron chi connectivity index (χ0n) is 17.0. The zero-order valence-corrected chi connectivity index (χ0v) is 17.0. The van der Waals surface area contributed by atoms with Gasteiger partial charge in [0.1, 0.15) is 0 Å². The van der Waals surface area contributed by atoms with E-state index in [1.54, 1.807) is 0 Å². The molecule has 3 aromatic carbocycles. The quantitative estimate of drug-likeness (QED) is 0.341. The van der Waals surface area contributed by atoms with E-state index in [2.05, 4.69) is 0 Å². The Kier molecular flexibility index (Phi) is 5.46. The summed E-state index contributed by atoms with van der Waals surface area (Å²) in [4.78, 5) is 26.0. The maximum Gasteiger partial charge on any atom is 0.197 e. The summed E-state index contributed by atoms with van der Waals surface area (Å²) in [6.07, 6.45) is 0. The van der Waals surface area contributed by atoms with Crippen LogP contribution in [0.4, 0.5) is 0 Å². The first-order valence-corrected chi connectivity index (χ1v) is 9.61. The van der Waals surface area contributed by atoms with E-state index >= 15 is 0 Å². The number of carbonyl (C=O) groups excluding carboxylic acids is 1. The van der Waals surface area contributed by atoms with Gasteiger partial charge in [0.15, 0.2) is 11.2 Å². The van der Waals surface area contributed by atoms with Gasteiger partial charge in [0, 0.05) is 28.9 Å². The number of ketones is 1. The Morgan fingerprint density at radius 3 is 2.11 bits per heavy atom. The predicted molar refractivity (Wildman–Crippen MR) is 117 cm³/mol. The summed E-state index contributed by atoms with van der Waals surface area (Å²) in [5.74, 6) is -0.0110. The van der Waals surface area contributed by atoms with E-state index in [-0.39, 0.29) is 11.2 Å². The van der Waals surface area contributed by atoms with Crippen LogP contribution in [0.1, 0.15) is 40.9 Å². The zero-order chi connectivity index (χ0) is 20.4. The fourth-order valence-corrected chi connectivity index (χ4v) is 3.61. The van der Waals surface area contributed by atoms with Gasteiger partial charge in [0.05, 0.1) is 11.0 Å². The maximum absolute atomic E-state index is 13.1. The van der Waals surface area contributed by atoms with Gasteiger partial charge in [-0.25, -0.2) is 0 Å². The molecular formula is C25H25NO2. The fraction of sp³-hybridized carbons (Fsp3) is 0.200. The molecule has 0 radical (unpaired) electrons. The van der Waals surface area contributed by atoms with Crippen molar-refractivity contribution in [2.45, 2.75) is 27.7 Å². The van der Waals surface area contributed by atoms with E-state index in [4.69, 9.17) is 0 Å². The summed E-state index contributed by atoms with van der Waals surface area (Å²) in [5, 5.41) is 1.34. The number of fused-ring (bicyclic) bond motifs is 2. The fourth-order valence-electron chi connectivity index (χ4n) is 3.61. The Balaban J connectivity index is 0.00000109. The molecule has 142 valence electrons. The van der Waals surface area contributed by atoms with Crippen LogP contribution >= 0.6 is 0 Å². The number of carbonyl (C=O) groups is 1. The monoisotopic (exact) mass is 371 g/mol. The number of rotatable bonds is 2. The van der Waals surface area contributed by atoms with Crippen molar-refractivity contribution < 1.29 is 4.79 Å². The van der Waals surface area contributed by atoms with E-state index in [0.717, 1.165) is 22.2 Å². The molecule has 4 rings (SSSR count). The van der Waals surface area contributed by atoms with Gasteiger partial charge in [-0.3, -0.25) is 9.59 Å². The van der Waals surface area contributed by atoms with Gasteiger partial charge in [-0.15, -0.1) is 0 Å².